The number of carbonyl (C=O) groups excluding carboxylic acids is 1. The molecule has 0 atom stereocenters. The van der Waals surface area contributed by atoms with Crippen LogP contribution in [0.3, 0.4) is 0 Å². The van der Waals surface area contributed by atoms with E-state index in [4.69, 9.17) is 4.74 Å². The summed E-state index contributed by atoms with van der Waals surface area (Å²) in [5.41, 5.74) is 1.32. The number of benzene rings is 2. The molecule has 2 aromatic rings. The lowest BCUT2D eigenvalue weighted by Crippen LogP contribution is -2.14. The molecular weight excluding hydrogens is 378 g/mol. The molecule has 0 aliphatic rings. The van der Waals surface area contributed by atoms with Gasteiger partial charge in [0.05, 0.1) is 0 Å². The van der Waals surface area contributed by atoms with Gasteiger partial charge in [-0.2, -0.15) is 0 Å². The third-order valence-corrected chi connectivity index (χ3v) is 4.05. The molecule has 0 aromatic heterocycles. The van der Waals surface area contributed by atoms with E-state index < -0.39 is 0 Å². The van der Waals surface area contributed by atoms with Gasteiger partial charge < -0.3 is 10.1 Å². The second-order valence-electron chi connectivity index (χ2n) is 5.42. The lowest BCUT2D eigenvalue weighted by molar-refractivity contribution is 0.103. The Kier molecular flexibility index (Phi) is 8.16. The minimum Gasteiger partial charge on any atom is -0.490 e. The summed E-state index contributed by atoms with van der Waals surface area (Å²) in [6.07, 6.45) is 6.87. The normalized spacial score (nSPS) is 10.8. The maximum atomic E-state index is 12.4. The summed E-state index contributed by atoms with van der Waals surface area (Å²) < 4.78 is 6.60. The van der Waals surface area contributed by atoms with Gasteiger partial charge in [0, 0.05) is 22.1 Å². The van der Waals surface area contributed by atoms with Crippen LogP contribution in [-0.4, -0.2) is 25.5 Å². The average Bonchev–Trinajstić information content (AvgIpc) is 2.64. The molecule has 0 radical (unpaired) electrons. The highest BCUT2D eigenvalue weighted by Crippen LogP contribution is 2.17. The van der Waals surface area contributed by atoms with Crippen LogP contribution in [0.2, 0.25) is 0 Å². The number of carbonyl (C=O) groups is 1. The molecule has 0 aliphatic carbocycles. The van der Waals surface area contributed by atoms with Crippen LogP contribution < -0.4 is 10.1 Å². The molecule has 2 aromatic carbocycles. The SMILES string of the molecule is C=CCCNC/C=C/COc1ccc(C(=O)c2ccc(Br)cc2)cc1. The first-order valence-corrected chi connectivity index (χ1v) is 9.00. The number of hydrogen-bond acceptors (Lipinski definition) is 3. The van der Waals surface area contributed by atoms with E-state index in [1.807, 2.05) is 54.6 Å². The fourth-order valence-corrected chi connectivity index (χ4v) is 2.42. The second kappa shape index (κ2) is 10.6. The highest BCUT2D eigenvalue weighted by Gasteiger charge is 2.08. The van der Waals surface area contributed by atoms with Gasteiger partial charge in [0.15, 0.2) is 5.78 Å². The minimum atomic E-state index is 0.00421. The summed E-state index contributed by atoms with van der Waals surface area (Å²) in [5.74, 6) is 0.751. The zero-order valence-electron chi connectivity index (χ0n) is 14.1. The Morgan fingerprint density at radius 3 is 2.32 bits per heavy atom. The molecule has 25 heavy (non-hydrogen) atoms. The highest BCUT2D eigenvalue weighted by atomic mass is 79.9. The number of nitrogens with one attached hydrogen (secondary N) is 1. The van der Waals surface area contributed by atoms with Crippen molar-refractivity contribution in [2.45, 2.75) is 6.42 Å². The summed E-state index contributed by atoms with van der Waals surface area (Å²) in [6.45, 7) is 5.93. The Morgan fingerprint density at radius 1 is 1.04 bits per heavy atom. The summed E-state index contributed by atoms with van der Waals surface area (Å²) in [6, 6.07) is 14.6. The van der Waals surface area contributed by atoms with E-state index in [2.05, 4.69) is 27.8 Å². The van der Waals surface area contributed by atoms with Crippen molar-refractivity contribution in [1.82, 2.24) is 5.32 Å². The van der Waals surface area contributed by atoms with Crippen molar-refractivity contribution in [2.24, 2.45) is 0 Å². The molecule has 0 bridgehead atoms. The van der Waals surface area contributed by atoms with Gasteiger partial charge in [0.1, 0.15) is 12.4 Å². The molecule has 0 fully saturated rings. The van der Waals surface area contributed by atoms with Crippen LogP contribution in [0, 0.1) is 0 Å². The Labute approximate surface area is 157 Å². The first-order chi connectivity index (χ1) is 12.2. The van der Waals surface area contributed by atoms with E-state index >= 15 is 0 Å². The Balaban J connectivity index is 1.79. The van der Waals surface area contributed by atoms with Gasteiger partial charge in [-0.1, -0.05) is 34.2 Å². The highest BCUT2D eigenvalue weighted by molar-refractivity contribution is 9.10. The molecule has 0 aliphatic heterocycles. The molecule has 3 nitrogen and oxygen atoms in total. The van der Waals surface area contributed by atoms with Crippen molar-refractivity contribution < 1.29 is 9.53 Å². The van der Waals surface area contributed by atoms with E-state index in [0.29, 0.717) is 17.7 Å². The van der Waals surface area contributed by atoms with Gasteiger partial charge in [0.25, 0.3) is 0 Å². The van der Waals surface area contributed by atoms with E-state index in [9.17, 15) is 4.79 Å². The molecule has 130 valence electrons. The van der Waals surface area contributed by atoms with E-state index in [0.717, 1.165) is 29.7 Å². The zero-order valence-corrected chi connectivity index (χ0v) is 15.7. The summed E-state index contributed by atoms with van der Waals surface area (Å²) in [5, 5.41) is 3.27. The number of halogens is 1. The van der Waals surface area contributed by atoms with Crippen LogP contribution >= 0.6 is 15.9 Å². The summed E-state index contributed by atoms with van der Waals surface area (Å²) in [7, 11) is 0. The molecule has 0 saturated carbocycles. The van der Waals surface area contributed by atoms with Gasteiger partial charge in [-0.3, -0.25) is 4.79 Å². The largest absolute Gasteiger partial charge is 0.490 e. The number of ether oxygens (including phenoxy) is 1. The Bertz CT molecular complexity index is 706. The van der Waals surface area contributed by atoms with Crippen LogP contribution in [0.5, 0.6) is 5.75 Å². The molecule has 0 spiro atoms. The van der Waals surface area contributed by atoms with E-state index in [-0.39, 0.29) is 5.78 Å². The predicted octanol–water partition coefficient (Wildman–Crippen LogP) is 4.78. The van der Waals surface area contributed by atoms with Crippen LogP contribution in [0.1, 0.15) is 22.3 Å². The van der Waals surface area contributed by atoms with Crippen molar-refractivity contribution in [3.05, 3.63) is 88.9 Å². The van der Waals surface area contributed by atoms with Gasteiger partial charge in [-0.15, -0.1) is 6.58 Å². The zero-order chi connectivity index (χ0) is 17.9. The van der Waals surface area contributed by atoms with E-state index in [1.54, 1.807) is 12.1 Å². The maximum absolute atomic E-state index is 12.4. The first kappa shape index (κ1) is 19.2. The average molecular weight is 400 g/mol. The van der Waals surface area contributed by atoms with Gasteiger partial charge in [-0.25, -0.2) is 0 Å². The van der Waals surface area contributed by atoms with Crippen molar-refractivity contribution in [3.8, 4) is 5.75 Å². The molecule has 0 amide bonds. The fourth-order valence-electron chi connectivity index (χ4n) is 2.16. The van der Waals surface area contributed by atoms with Gasteiger partial charge in [-0.05, 0) is 61.5 Å². The molecule has 0 saturated heterocycles. The summed E-state index contributed by atoms with van der Waals surface area (Å²) in [4.78, 5) is 12.4. The molecule has 0 unspecified atom stereocenters. The molecule has 2 rings (SSSR count). The third kappa shape index (κ3) is 6.69. The topological polar surface area (TPSA) is 38.3 Å². The van der Waals surface area contributed by atoms with Crippen molar-refractivity contribution >= 4 is 21.7 Å². The van der Waals surface area contributed by atoms with Crippen molar-refractivity contribution in [3.63, 3.8) is 0 Å². The van der Waals surface area contributed by atoms with Crippen LogP contribution in [-0.2, 0) is 0 Å². The van der Waals surface area contributed by atoms with Crippen LogP contribution in [0.4, 0.5) is 0 Å². The third-order valence-electron chi connectivity index (χ3n) is 3.52. The lowest BCUT2D eigenvalue weighted by atomic mass is 10.0. The standard InChI is InChI=1S/C21H22BrNO2/c1-2-3-14-23-15-4-5-16-25-20-12-8-18(9-13-20)21(24)17-6-10-19(22)11-7-17/h2,4-13,23H,1,3,14-16H2/b5-4+. The van der Waals surface area contributed by atoms with Crippen LogP contribution in [0.25, 0.3) is 0 Å². The van der Waals surface area contributed by atoms with Gasteiger partial charge in [0.2, 0.25) is 0 Å². The maximum Gasteiger partial charge on any atom is 0.193 e. The molecule has 0 heterocycles. The molecule has 1 N–H and O–H groups in total. The Hall–Kier alpha value is -2.17. The molecule has 4 heteroatoms. The smallest absolute Gasteiger partial charge is 0.193 e. The van der Waals surface area contributed by atoms with Gasteiger partial charge >= 0.3 is 0 Å². The Morgan fingerprint density at radius 2 is 1.68 bits per heavy atom. The quantitative estimate of drug-likeness (QED) is 0.354. The number of rotatable bonds is 10. The van der Waals surface area contributed by atoms with Crippen molar-refractivity contribution in [1.29, 1.82) is 0 Å². The molecular formula is C21H22BrNO2. The predicted molar refractivity (Wildman–Crippen MR) is 106 cm³/mol. The van der Waals surface area contributed by atoms with Crippen LogP contribution in [0.15, 0.2) is 77.8 Å². The van der Waals surface area contributed by atoms with E-state index in [1.165, 1.54) is 0 Å². The first-order valence-electron chi connectivity index (χ1n) is 8.20. The second-order valence-corrected chi connectivity index (χ2v) is 6.34. The fraction of sp³-hybridized carbons (Fsp3) is 0.190. The lowest BCUT2D eigenvalue weighted by Gasteiger charge is -2.05. The monoisotopic (exact) mass is 399 g/mol. The number of ketones is 1. The number of hydrogen-bond donors (Lipinski definition) is 1. The summed E-state index contributed by atoms with van der Waals surface area (Å²) >= 11 is 3.37. The van der Waals surface area contributed by atoms with Crippen molar-refractivity contribution in [2.75, 3.05) is 19.7 Å². The minimum absolute atomic E-state index is 0.00421.